The topological polar surface area (TPSA) is 59.0 Å². The van der Waals surface area contributed by atoms with Crippen molar-refractivity contribution < 1.29 is 19.4 Å². The lowest BCUT2D eigenvalue weighted by Crippen LogP contribution is -2.43. The first kappa shape index (κ1) is 23.5. The molecule has 2 aromatic rings. The molecule has 0 aliphatic rings. The first-order valence-corrected chi connectivity index (χ1v) is 10.2. The second kappa shape index (κ2) is 10.8. The van der Waals surface area contributed by atoms with Crippen LogP contribution < -0.4 is 4.74 Å². The van der Waals surface area contributed by atoms with Gasteiger partial charge in [-0.05, 0) is 57.4 Å². The van der Waals surface area contributed by atoms with Gasteiger partial charge in [0, 0.05) is 6.54 Å². The number of benzene rings is 2. The summed E-state index contributed by atoms with van der Waals surface area (Å²) in [6, 6.07) is 17.4. The van der Waals surface area contributed by atoms with E-state index in [-0.39, 0.29) is 18.7 Å². The Kier molecular flexibility index (Phi) is 8.48. The molecule has 0 bridgehead atoms. The highest BCUT2D eigenvalue weighted by atomic mass is 16.6. The fourth-order valence-corrected chi connectivity index (χ4v) is 3.06. The van der Waals surface area contributed by atoms with Gasteiger partial charge in [0.2, 0.25) is 0 Å². The first-order chi connectivity index (χ1) is 14.2. The summed E-state index contributed by atoms with van der Waals surface area (Å²) in [4.78, 5) is 14.9. The van der Waals surface area contributed by atoms with Gasteiger partial charge in [0.15, 0.2) is 0 Å². The third-order valence-corrected chi connectivity index (χ3v) is 4.55. The molecule has 0 heterocycles. The van der Waals surface area contributed by atoms with Crippen molar-refractivity contribution in [3.63, 3.8) is 0 Å². The lowest BCUT2D eigenvalue weighted by Gasteiger charge is -2.33. The second-order valence-electron chi connectivity index (χ2n) is 8.38. The van der Waals surface area contributed by atoms with Gasteiger partial charge in [-0.2, -0.15) is 0 Å². The molecular weight excluding hydrogens is 378 g/mol. The summed E-state index contributed by atoms with van der Waals surface area (Å²) in [6.07, 6.45) is 2.18. The van der Waals surface area contributed by atoms with Crippen molar-refractivity contribution in [1.82, 2.24) is 4.90 Å². The van der Waals surface area contributed by atoms with Crippen LogP contribution in [0.1, 0.15) is 38.8 Å². The molecule has 0 unspecified atom stereocenters. The summed E-state index contributed by atoms with van der Waals surface area (Å²) < 4.78 is 11.0. The van der Waals surface area contributed by atoms with Crippen LogP contribution in [-0.2, 0) is 17.7 Å². The van der Waals surface area contributed by atoms with E-state index in [4.69, 9.17) is 9.47 Å². The molecule has 2 rings (SSSR count). The minimum atomic E-state index is -0.609. The van der Waals surface area contributed by atoms with Crippen LogP contribution in [0.25, 0.3) is 0 Å². The molecular formula is C25H33NO4. The molecule has 1 amide bonds. The summed E-state index contributed by atoms with van der Waals surface area (Å²) in [5.41, 5.74) is 2.27. The SMILES string of the molecule is COc1ccc(CN(C(=O)OC(C)(C)C)[C@H](/C=C(/C)CO)Cc2ccccc2)cc1. The number of hydrogen-bond donors (Lipinski definition) is 1. The Morgan fingerprint density at radius 3 is 2.23 bits per heavy atom. The molecule has 5 nitrogen and oxygen atoms in total. The van der Waals surface area contributed by atoms with Gasteiger partial charge in [-0.3, -0.25) is 4.90 Å². The minimum absolute atomic E-state index is 0.0595. The third kappa shape index (κ3) is 7.56. The van der Waals surface area contributed by atoms with Gasteiger partial charge in [0.05, 0.1) is 19.8 Å². The van der Waals surface area contributed by atoms with Crippen molar-refractivity contribution in [1.29, 1.82) is 0 Å². The van der Waals surface area contributed by atoms with E-state index in [2.05, 4.69) is 0 Å². The van der Waals surface area contributed by atoms with E-state index < -0.39 is 5.60 Å². The number of carbonyl (C=O) groups excluding carboxylic acids is 1. The summed E-state index contributed by atoms with van der Waals surface area (Å²) in [5, 5.41) is 9.59. The van der Waals surface area contributed by atoms with Gasteiger partial charge in [-0.1, -0.05) is 54.1 Å². The van der Waals surface area contributed by atoms with Gasteiger partial charge < -0.3 is 14.6 Å². The Balaban J connectivity index is 2.40. The Labute approximate surface area is 179 Å². The fourth-order valence-electron chi connectivity index (χ4n) is 3.06. The molecule has 1 N–H and O–H groups in total. The number of aliphatic hydroxyl groups is 1. The van der Waals surface area contributed by atoms with E-state index in [9.17, 15) is 9.90 Å². The van der Waals surface area contributed by atoms with Crippen molar-refractivity contribution >= 4 is 6.09 Å². The molecule has 0 spiro atoms. The van der Waals surface area contributed by atoms with Gasteiger partial charge in [-0.25, -0.2) is 4.79 Å². The largest absolute Gasteiger partial charge is 0.497 e. The summed E-state index contributed by atoms with van der Waals surface area (Å²) in [7, 11) is 1.63. The van der Waals surface area contributed by atoms with Crippen LogP contribution in [0.15, 0.2) is 66.2 Å². The fraction of sp³-hybridized carbons (Fsp3) is 0.400. The van der Waals surface area contributed by atoms with E-state index >= 15 is 0 Å². The normalized spacial score (nSPS) is 12.9. The van der Waals surface area contributed by atoms with Crippen LogP contribution in [0, 0.1) is 0 Å². The van der Waals surface area contributed by atoms with E-state index in [1.54, 1.807) is 12.0 Å². The highest BCUT2D eigenvalue weighted by Gasteiger charge is 2.28. The molecule has 30 heavy (non-hydrogen) atoms. The van der Waals surface area contributed by atoms with E-state index in [0.717, 1.165) is 22.4 Å². The van der Waals surface area contributed by atoms with Crippen LogP contribution in [0.4, 0.5) is 4.79 Å². The smallest absolute Gasteiger partial charge is 0.411 e. The van der Waals surface area contributed by atoms with Gasteiger partial charge in [0.1, 0.15) is 11.4 Å². The number of rotatable bonds is 8. The van der Waals surface area contributed by atoms with Crippen LogP contribution in [0.3, 0.4) is 0 Å². The van der Waals surface area contributed by atoms with E-state index in [1.165, 1.54) is 0 Å². The van der Waals surface area contributed by atoms with Crippen LogP contribution in [0.2, 0.25) is 0 Å². The van der Waals surface area contributed by atoms with E-state index in [1.807, 2.05) is 88.4 Å². The predicted octanol–water partition coefficient (Wildman–Crippen LogP) is 4.98. The lowest BCUT2D eigenvalue weighted by molar-refractivity contribution is 0.0179. The maximum absolute atomic E-state index is 13.2. The monoisotopic (exact) mass is 411 g/mol. The Bertz CT molecular complexity index is 822. The first-order valence-electron chi connectivity index (χ1n) is 10.2. The Hall–Kier alpha value is -2.79. The molecule has 2 aromatic carbocycles. The molecule has 0 radical (unpaired) electrons. The molecule has 162 valence electrons. The van der Waals surface area contributed by atoms with Crippen molar-refractivity contribution in [3.8, 4) is 5.75 Å². The summed E-state index contributed by atoms with van der Waals surface area (Å²) in [5.74, 6) is 0.763. The number of hydrogen-bond acceptors (Lipinski definition) is 4. The number of carbonyl (C=O) groups is 1. The van der Waals surface area contributed by atoms with Gasteiger partial charge in [-0.15, -0.1) is 0 Å². The molecule has 0 saturated carbocycles. The van der Waals surface area contributed by atoms with Crippen LogP contribution >= 0.6 is 0 Å². The quantitative estimate of drug-likeness (QED) is 0.622. The minimum Gasteiger partial charge on any atom is -0.497 e. The highest BCUT2D eigenvalue weighted by molar-refractivity contribution is 5.69. The lowest BCUT2D eigenvalue weighted by atomic mass is 10.0. The van der Waals surface area contributed by atoms with Gasteiger partial charge in [0.25, 0.3) is 0 Å². The maximum Gasteiger partial charge on any atom is 0.411 e. The van der Waals surface area contributed by atoms with Crippen molar-refractivity contribution in [2.75, 3.05) is 13.7 Å². The molecule has 0 fully saturated rings. The number of methoxy groups -OCH3 is 1. The molecule has 0 aliphatic heterocycles. The maximum atomic E-state index is 13.2. The summed E-state index contributed by atoms with van der Waals surface area (Å²) in [6.45, 7) is 7.76. The number of nitrogens with zero attached hydrogens (tertiary/aromatic N) is 1. The zero-order valence-electron chi connectivity index (χ0n) is 18.6. The Morgan fingerprint density at radius 2 is 1.70 bits per heavy atom. The number of ether oxygens (including phenoxy) is 2. The predicted molar refractivity (Wildman–Crippen MR) is 120 cm³/mol. The van der Waals surface area contributed by atoms with Crippen LogP contribution in [0.5, 0.6) is 5.75 Å². The third-order valence-electron chi connectivity index (χ3n) is 4.55. The average molecular weight is 412 g/mol. The number of amides is 1. The number of aliphatic hydroxyl groups excluding tert-OH is 1. The van der Waals surface area contributed by atoms with Crippen molar-refractivity contribution in [3.05, 3.63) is 77.4 Å². The standard InChI is InChI=1S/C25H33NO4/c1-19(18-27)15-22(16-20-9-7-6-8-10-20)26(24(28)30-25(2,3)4)17-21-11-13-23(29-5)14-12-21/h6-15,22,27H,16-18H2,1-5H3/b19-15-/t22-/m1/s1. The van der Waals surface area contributed by atoms with E-state index in [0.29, 0.717) is 13.0 Å². The second-order valence-corrected chi connectivity index (χ2v) is 8.38. The zero-order valence-corrected chi connectivity index (χ0v) is 18.6. The molecule has 0 aromatic heterocycles. The average Bonchev–Trinajstić information content (AvgIpc) is 2.71. The van der Waals surface area contributed by atoms with Crippen LogP contribution in [-0.4, -0.2) is 41.5 Å². The zero-order chi connectivity index (χ0) is 22.1. The molecule has 1 atom stereocenters. The Morgan fingerprint density at radius 1 is 1.07 bits per heavy atom. The highest BCUT2D eigenvalue weighted by Crippen LogP contribution is 2.21. The van der Waals surface area contributed by atoms with Crippen molar-refractivity contribution in [2.45, 2.75) is 52.3 Å². The molecule has 5 heteroatoms. The van der Waals surface area contributed by atoms with Crippen molar-refractivity contribution in [2.24, 2.45) is 0 Å². The molecule has 0 aliphatic carbocycles. The summed E-state index contributed by atoms with van der Waals surface area (Å²) >= 11 is 0. The van der Waals surface area contributed by atoms with Gasteiger partial charge >= 0.3 is 6.09 Å². The molecule has 0 saturated heterocycles.